The molecule has 0 radical (unpaired) electrons. The molecule has 7 heteroatoms. The number of nitrogen functional groups attached to an aromatic ring is 1. The molecule has 0 saturated heterocycles. The molecule has 96 valence electrons. The zero-order valence-electron chi connectivity index (χ0n) is 9.64. The van der Waals surface area contributed by atoms with Gasteiger partial charge < -0.3 is 10.5 Å². The summed E-state index contributed by atoms with van der Waals surface area (Å²) in [6.07, 6.45) is 0. The van der Waals surface area contributed by atoms with Crippen molar-refractivity contribution in [2.75, 3.05) is 26.0 Å². The highest BCUT2D eigenvalue weighted by molar-refractivity contribution is 7.87. The maximum absolute atomic E-state index is 11.5. The van der Waals surface area contributed by atoms with E-state index >= 15 is 0 Å². The number of benzene rings is 1. The Labute approximate surface area is 101 Å². The first kappa shape index (κ1) is 13.9. The smallest absolute Gasteiger partial charge is 0.277 e. The minimum absolute atomic E-state index is 0.202. The average Bonchev–Trinajstić information content (AvgIpc) is 2.27. The zero-order valence-corrected chi connectivity index (χ0v) is 10.5. The molecular weight excluding hydrogens is 242 g/mol. The molecule has 0 fully saturated rings. The van der Waals surface area contributed by atoms with Gasteiger partial charge >= 0.3 is 0 Å². The predicted molar refractivity (Wildman–Crippen MR) is 66.5 cm³/mol. The van der Waals surface area contributed by atoms with Crippen molar-refractivity contribution in [3.63, 3.8) is 0 Å². The van der Waals surface area contributed by atoms with Gasteiger partial charge in [-0.15, -0.1) is 0 Å². The summed E-state index contributed by atoms with van der Waals surface area (Å²) in [5, 5.41) is 0. The molecule has 0 aliphatic carbocycles. The largest absolute Gasteiger partial charge is 0.399 e. The summed E-state index contributed by atoms with van der Waals surface area (Å²) in [7, 11) is -1.98. The number of hydrogen-bond acceptors (Lipinski definition) is 4. The lowest BCUT2D eigenvalue weighted by molar-refractivity contribution is 0.204. The maximum atomic E-state index is 11.5. The minimum Gasteiger partial charge on any atom is -0.399 e. The zero-order chi connectivity index (χ0) is 12.7. The summed E-state index contributed by atoms with van der Waals surface area (Å²) in [4.78, 5) is 0. The molecule has 0 aromatic heterocycles. The summed E-state index contributed by atoms with van der Waals surface area (Å²) in [6.45, 7) is 0.773. The Morgan fingerprint density at radius 2 is 2.12 bits per heavy atom. The van der Waals surface area contributed by atoms with E-state index in [0.29, 0.717) is 12.3 Å². The average molecular weight is 259 g/mol. The third-order valence-corrected chi connectivity index (χ3v) is 3.12. The van der Waals surface area contributed by atoms with E-state index < -0.39 is 10.2 Å². The van der Waals surface area contributed by atoms with E-state index in [4.69, 9.17) is 10.5 Å². The Balaban J connectivity index is 2.44. The molecule has 0 saturated carbocycles. The lowest BCUT2D eigenvalue weighted by Gasteiger charge is -2.08. The molecule has 4 N–H and O–H groups in total. The molecule has 0 heterocycles. The summed E-state index contributed by atoms with van der Waals surface area (Å²) < 4.78 is 32.4. The van der Waals surface area contributed by atoms with Crippen LogP contribution in [0.15, 0.2) is 24.3 Å². The third kappa shape index (κ3) is 5.64. The predicted octanol–water partition coefficient (Wildman–Crippen LogP) is -0.161. The van der Waals surface area contributed by atoms with Crippen molar-refractivity contribution in [1.82, 2.24) is 9.44 Å². The monoisotopic (exact) mass is 259 g/mol. The second kappa shape index (κ2) is 6.55. The van der Waals surface area contributed by atoms with Crippen molar-refractivity contribution < 1.29 is 13.2 Å². The molecule has 1 aromatic rings. The summed E-state index contributed by atoms with van der Waals surface area (Å²) >= 11 is 0. The fourth-order valence-electron chi connectivity index (χ4n) is 1.21. The normalized spacial score (nSPS) is 11.6. The molecule has 0 aliphatic heterocycles. The molecule has 0 atom stereocenters. The molecule has 0 spiro atoms. The van der Waals surface area contributed by atoms with Crippen LogP contribution < -0.4 is 15.2 Å². The number of methoxy groups -OCH3 is 1. The lowest BCUT2D eigenvalue weighted by Crippen LogP contribution is -2.37. The maximum Gasteiger partial charge on any atom is 0.277 e. The van der Waals surface area contributed by atoms with Crippen LogP contribution in [0.2, 0.25) is 0 Å². The first-order valence-electron chi connectivity index (χ1n) is 5.11. The van der Waals surface area contributed by atoms with Crippen LogP contribution in [0.1, 0.15) is 5.56 Å². The van der Waals surface area contributed by atoms with Crippen molar-refractivity contribution in [3.8, 4) is 0 Å². The molecule has 1 rings (SSSR count). The molecule has 17 heavy (non-hydrogen) atoms. The highest BCUT2D eigenvalue weighted by Crippen LogP contribution is 2.05. The van der Waals surface area contributed by atoms with Gasteiger partial charge in [-0.2, -0.15) is 17.9 Å². The highest BCUT2D eigenvalue weighted by Gasteiger charge is 2.07. The number of anilines is 1. The summed E-state index contributed by atoms with van der Waals surface area (Å²) in [6, 6.07) is 7.04. The number of nitrogens with two attached hydrogens (primary N) is 1. The van der Waals surface area contributed by atoms with E-state index in [1.54, 1.807) is 24.3 Å². The van der Waals surface area contributed by atoms with Crippen molar-refractivity contribution >= 4 is 15.9 Å². The van der Waals surface area contributed by atoms with Crippen LogP contribution in [0.4, 0.5) is 5.69 Å². The second-order valence-corrected chi connectivity index (χ2v) is 5.04. The number of nitrogens with one attached hydrogen (secondary N) is 2. The van der Waals surface area contributed by atoms with Crippen LogP contribution in [0, 0.1) is 0 Å². The minimum atomic E-state index is -3.49. The third-order valence-electron chi connectivity index (χ3n) is 2.02. The van der Waals surface area contributed by atoms with Gasteiger partial charge in [0, 0.05) is 25.9 Å². The van der Waals surface area contributed by atoms with E-state index in [9.17, 15) is 8.42 Å². The van der Waals surface area contributed by atoms with Gasteiger partial charge in [0.05, 0.1) is 6.61 Å². The van der Waals surface area contributed by atoms with Crippen molar-refractivity contribution in [2.24, 2.45) is 0 Å². The molecule has 1 aromatic carbocycles. The fourth-order valence-corrected chi connectivity index (χ4v) is 2.02. The Morgan fingerprint density at radius 1 is 1.35 bits per heavy atom. The van der Waals surface area contributed by atoms with E-state index in [1.807, 2.05) is 0 Å². The van der Waals surface area contributed by atoms with Crippen LogP contribution >= 0.6 is 0 Å². The van der Waals surface area contributed by atoms with Gasteiger partial charge in [0.25, 0.3) is 10.2 Å². The Bertz CT molecular complexity index is 448. The molecule has 0 aliphatic rings. The molecule has 0 unspecified atom stereocenters. The first-order valence-corrected chi connectivity index (χ1v) is 6.59. The van der Waals surface area contributed by atoms with E-state index in [-0.39, 0.29) is 13.1 Å². The van der Waals surface area contributed by atoms with Crippen molar-refractivity contribution in [1.29, 1.82) is 0 Å². The first-order chi connectivity index (χ1) is 8.03. The van der Waals surface area contributed by atoms with Gasteiger partial charge in [-0.1, -0.05) is 12.1 Å². The van der Waals surface area contributed by atoms with Gasteiger partial charge in [0.2, 0.25) is 0 Å². The van der Waals surface area contributed by atoms with E-state index in [0.717, 1.165) is 5.56 Å². The Kier molecular flexibility index (Phi) is 5.36. The lowest BCUT2D eigenvalue weighted by atomic mass is 10.2. The van der Waals surface area contributed by atoms with Crippen LogP contribution in [0.3, 0.4) is 0 Å². The Morgan fingerprint density at radius 3 is 2.76 bits per heavy atom. The highest BCUT2D eigenvalue weighted by atomic mass is 32.2. The number of hydrogen-bond donors (Lipinski definition) is 3. The summed E-state index contributed by atoms with van der Waals surface area (Å²) in [5.41, 5.74) is 7.00. The van der Waals surface area contributed by atoms with Gasteiger partial charge in [-0.3, -0.25) is 0 Å². The van der Waals surface area contributed by atoms with Gasteiger partial charge in [-0.25, -0.2) is 0 Å². The standard InChI is InChI=1S/C10H17N3O3S/c1-16-6-5-12-17(14,15)13-8-9-3-2-4-10(11)7-9/h2-4,7,12-13H,5-6,8,11H2,1H3. The van der Waals surface area contributed by atoms with Crippen molar-refractivity contribution in [3.05, 3.63) is 29.8 Å². The van der Waals surface area contributed by atoms with Crippen LogP contribution in [0.5, 0.6) is 0 Å². The van der Waals surface area contributed by atoms with E-state index in [2.05, 4.69) is 9.44 Å². The molecule has 0 bridgehead atoms. The second-order valence-electron chi connectivity index (χ2n) is 3.46. The molecule has 0 amide bonds. The molecule has 6 nitrogen and oxygen atoms in total. The SMILES string of the molecule is COCCNS(=O)(=O)NCc1cccc(N)c1. The van der Waals surface area contributed by atoms with Crippen LogP contribution in [0.25, 0.3) is 0 Å². The van der Waals surface area contributed by atoms with Crippen LogP contribution in [-0.2, 0) is 21.5 Å². The fraction of sp³-hybridized carbons (Fsp3) is 0.400. The van der Waals surface area contributed by atoms with Gasteiger partial charge in [0.15, 0.2) is 0 Å². The van der Waals surface area contributed by atoms with Gasteiger partial charge in [0.1, 0.15) is 0 Å². The van der Waals surface area contributed by atoms with Crippen LogP contribution in [-0.4, -0.2) is 28.7 Å². The van der Waals surface area contributed by atoms with E-state index in [1.165, 1.54) is 7.11 Å². The molecular formula is C10H17N3O3S. The van der Waals surface area contributed by atoms with Crippen molar-refractivity contribution in [2.45, 2.75) is 6.54 Å². The quantitative estimate of drug-likeness (QED) is 0.468. The number of rotatable bonds is 7. The van der Waals surface area contributed by atoms with Gasteiger partial charge in [-0.05, 0) is 17.7 Å². The topological polar surface area (TPSA) is 93.4 Å². The number of ether oxygens (including phenoxy) is 1. The Hall–Kier alpha value is -1.15. The summed E-state index contributed by atoms with van der Waals surface area (Å²) in [5.74, 6) is 0.